The Morgan fingerprint density at radius 2 is 1.92 bits per heavy atom. The summed E-state index contributed by atoms with van der Waals surface area (Å²) < 4.78 is 5.55. The molecule has 1 saturated heterocycles. The van der Waals surface area contributed by atoms with Gasteiger partial charge in [-0.25, -0.2) is 9.78 Å². The van der Waals surface area contributed by atoms with Crippen molar-refractivity contribution in [3.8, 4) is 0 Å². The lowest BCUT2D eigenvalue weighted by Gasteiger charge is -2.36. The van der Waals surface area contributed by atoms with E-state index in [0.29, 0.717) is 13.2 Å². The molecule has 1 aromatic heterocycles. The average Bonchev–Trinajstić information content (AvgIpc) is 2.98. The van der Waals surface area contributed by atoms with Crippen molar-refractivity contribution in [2.24, 2.45) is 0 Å². The molecular weight excluding hydrogens is 326 g/mol. The van der Waals surface area contributed by atoms with Gasteiger partial charge in [0.15, 0.2) is 0 Å². The SMILES string of the molecule is Cc1nc(C2(c3ccc(C(=O)O)cc3)CCOCC2)sc1C(C)O. The lowest BCUT2D eigenvalue weighted by Crippen LogP contribution is -2.35. The second kappa shape index (κ2) is 6.63. The van der Waals surface area contributed by atoms with Gasteiger partial charge in [0.2, 0.25) is 0 Å². The summed E-state index contributed by atoms with van der Waals surface area (Å²) in [5, 5.41) is 20.0. The maximum Gasteiger partial charge on any atom is 0.335 e. The van der Waals surface area contributed by atoms with E-state index < -0.39 is 12.1 Å². The topological polar surface area (TPSA) is 79.7 Å². The normalized spacial score (nSPS) is 18.3. The zero-order valence-electron chi connectivity index (χ0n) is 13.8. The van der Waals surface area contributed by atoms with Gasteiger partial charge in [0, 0.05) is 13.2 Å². The van der Waals surface area contributed by atoms with Crippen molar-refractivity contribution < 1.29 is 19.7 Å². The van der Waals surface area contributed by atoms with Crippen LogP contribution in [-0.4, -0.2) is 34.4 Å². The molecule has 0 saturated carbocycles. The number of thiazole rings is 1. The first kappa shape index (κ1) is 17.1. The molecule has 3 rings (SSSR count). The zero-order chi connectivity index (χ0) is 17.3. The number of aliphatic hydroxyl groups excluding tert-OH is 1. The van der Waals surface area contributed by atoms with Crippen molar-refractivity contribution in [1.29, 1.82) is 0 Å². The monoisotopic (exact) mass is 347 g/mol. The lowest BCUT2D eigenvalue weighted by atomic mass is 9.74. The van der Waals surface area contributed by atoms with Gasteiger partial charge in [-0.1, -0.05) is 12.1 Å². The third-order valence-electron chi connectivity index (χ3n) is 4.65. The molecule has 0 radical (unpaired) electrons. The summed E-state index contributed by atoms with van der Waals surface area (Å²) in [6.07, 6.45) is 1.06. The lowest BCUT2D eigenvalue weighted by molar-refractivity contribution is 0.0628. The molecule has 0 aliphatic carbocycles. The van der Waals surface area contributed by atoms with Crippen LogP contribution in [0.5, 0.6) is 0 Å². The van der Waals surface area contributed by atoms with Crippen molar-refractivity contribution in [2.75, 3.05) is 13.2 Å². The average molecular weight is 347 g/mol. The van der Waals surface area contributed by atoms with E-state index in [0.717, 1.165) is 34.0 Å². The highest BCUT2D eigenvalue weighted by atomic mass is 32.1. The molecule has 1 atom stereocenters. The third-order valence-corrected chi connectivity index (χ3v) is 6.18. The Morgan fingerprint density at radius 3 is 2.42 bits per heavy atom. The number of hydrogen-bond donors (Lipinski definition) is 2. The molecule has 2 heterocycles. The van der Waals surface area contributed by atoms with E-state index in [2.05, 4.69) is 0 Å². The van der Waals surface area contributed by atoms with Crippen LogP contribution in [-0.2, 0) is 10.2 Å². The summed E-state index contributed by atoms with van der Waals surface area (Å²) in [4.78, 5) is 16.7. The van der Waals surface area contributed by atoms with Crippen LogP contribution in [0.1, 0.15) is 57.4 Å². The van der Waals surface area contributed by atoms with Gasteiger partial charge in [-0.2, -0.15) is 0 Å². The quantitative estimate of drug-likeness (QED) is 0.887. The Balaban J connectivity index is 2.08. The fraction of sp³-hybridized carbons (Fsp3) is 0.444. The largest absolute Gasteiger partial charge is 0.478 e. The molecule has 6 heteroatoms. The molecule has 1 aromatic carbocycles. The highest BCUT2D eigenvalue weighted by Gasteiger charge is 2.39. The van der Waals surface area contributed by atoms with Crippen LogP contribution < -0.4 is 0 Å². The number of nitrogens with zero attached hydrogens (tertiary/aromatic N) is 1. The number of aromatic nitrogens is 1. The maximum atomic E-state index is 11.1. The smallest absolute Gasteiger partial charge is 0.335 e. The Kier molecular flexibility index (Phi) is 4.71. The molecular formula is C18H21NO4S. The van der Waals surface area contributed by atoms with Gasteiger partial charge in [0.1, 0.15) is 5.01 Å². The number of carboxylic acid groups (broad SMARTS) is 1. The number of aryl methyl sites for hydroxylation is 1. The van der Waals surface area contributed by atoms with E-state index in [9.17, 15) is 9.90 Å². The van der Waals surface area contributed by atoms with Gasteiger partial charge in [-0.15, -0.1) is 11.3 Å². The van der Waals surface area contributed by atoms with E-state index in [-0.39, 0.29) is 11.0 Å². The van der Waals surface area contributed by atoms with Crippen molar-refractivity contribution in [2.45, 2.75) is 38.2 Å². The fourth-order valence-electron chi connectivity index (χ4n) is 3.28. The minimum Gasteiger partial charge on any atom is -0.478 e. The van der Waals surface area contributed by atoms with Gasteiger partial charge in [0.25, 0.3) is 0 Å². The van der Waals surface area contributed by atoms with Gasteiger partial charge >= 0.3 is 5.97 Å². The Hall–Kier alpha value is -1.76. The fourth-order valence-corrected chi connectivity index (χ4v) is 4.55. The van der Waals surface area contributed by atoms with E-state index in [4.69, 9.17) is 14.8 Å². The van der Waals surface area contributed by atoms with Crippen molar-refractivity contribution in [3.05, 3.63) is 51.0 Å². The number of carbonyl (C=O) groups is 1. The van der Waals surface area contributed by atoms with Crippen molar-refractivity contribution >= 4 is 17.3 Å². The standard InChI is InChI=1S/C18H21NO4S/c1-11-15(12(2)20)24-17(19-11)18(7-9-23-10-8-18)14-5-3-13(4-6-14)16(21)22/h3-6,12,20H,7-10H2,1-2H3,(H,21,22). The van der Waals surface area contributed by atoms with E-state index >= 15 is 0 Å². The molecule has 1 fully saturated rings. The molecule has 0 spiro atoms. The van der Waals surface area contributed by atoms with Crippen LogP contribution in [0.25, 0.3) is 0 Å². The predicted molar refractivity (Wildman–Crippen MR) is 91.7 cm³/mol. The Bertz CT molecular complexity index is 730. The first-order valence-electron chi connectivity index (χ1n) is 8.01. The summed E-state index contributed by atoms with van der Waals surface area (Å²) in [5.41, 5.74) is 1.92. The number of aliphatic hydroxyl groups is 1. The van der Waals surface area contributed by atoms with Gasteiger partial charge < -0.3 is 14.9 Å². The molecule has 2 N–H and O–H groups in total. The molecule has 128 valence electrons. The maximum absolute atomic E-state index is 11.1. The molecule has 2 aromatic rings. The summed E-state index contributed by atoms with van der Waals surface area (Å²) in [6.45, 7) is 4.96. The van der Waals surface area contributed by atoms with Gasteiger partial charge in [0.05, 0.1) is 27.7 Å². The van der Waals surface area contributed by atoms with Gasteiger partial charge in [-0.05, 0) is 44.4 Å². The zero-order valence-corrected chi connectivity index (χ0v) is 14.6. The van der Waals surface area contributed by atoms with Crippen LogP contribution in [0.2, 0.25) is 0 Å². The van der Waals surface area contributed by atoms with Crippen LogP contribution in [0.3, 0.4) is 0 Å². The third kappa shape index (κ3) is 2.97. The van der Waals surface area contributed by atoms with E-state index in [1.807, 2.05) is 19.1 Å². The number of hydrogen-bond acceptors (Lipinski definition) is 5. The molecule has 0 amide bonds. The van der Waals surface area contributed by atoms with Gasteiger partial charge in [-0.3, -0.25) is 0 Å². The first-order valence-corrected chi connectivity index (χ1v) is 8.83. The van der Waals surface area contributed by atoms with Crippen LogP contribution in [0.15, 0.2) is 24.3 Å². The Morgan fingerprint density at radius 1 is 1.29 bits per heavy atom. The minimum atomic E-state index is -0.927. The van der Waals surface area contributed by atoms with Crippen LogP contribution in [0, 0.1) is 6.92 Å². The molecule has 1 unspecified atom stereocenters. The Labute approximate surface area is 144 Å². The number of carboxylic acids is 1. The van der Waals surface area contributed by atoms with E-state index in [1.54, 1.807) is 30.4 Å². The predicted octanol–water partition coefficient (Wildman–Crippen LogP) is 3.30. The molecule has 1 aliphatic rings. The highest BCUT2D eigenvalue weighted by molar-refractivity contribution is 7.12. The number of rotatable bonds is 4. The first-order chi connectivity index (χ1) is 11.4. The van der Waals surface area contributed by atoms with Crippen LogP contribution >= 0.6 is 11.3 Å². The second-order valence-electron chi connectivity index (χ2n) is 6.22. The minimum absolute atomic E-state index is 0.279. The summed E-state index contributed by atoms with van der Waals surface area (Å²) in [7, 11) is 0. The highest BCUT2D eigenvalue weighted by Crippen LogP contribution is 2.44. The number of benzene rings is 1. The summed E-state index contributed by atoms with van der Waals surface area (Å²) >= 11 is 1.55. The molecule has 1 aliphatic heterocycles. The summed E-state index contributed by atoms with van der Waals surface area (Å²) in [6, 6.07) is 7.05. The summed E-state index contributed by atoms with van der Waals surface area (Å²) in [5.74, 6) is -0.927. The molecule has 5 nitrogen and oxygen atoms in total. The van der Waals surface area contributed by atoms with E-state index in [1.165, 1.54) is 0 Å². The van der Waals surface area contributed by atoms with Crippen molar-refractivity contribution in [3.63, 3.8) is 0 Å². The second-order valence-corrected chi connectivity index (χ2v) is 7.25. The van der Waals surface area contributed by atoms with Crippen molar-refractivity contribution in [1.82, 2.24) is 4.98 Å². The molecule has 24 heavy (non-hydrogen) atoms. The van der Waals surface area contributed by atoms with Crippen LogP contribution in [0.4, 0.5) is 0 Å². The number of ether oxygens (including phenoxy) is 1. The molecule has 0 bridgehead atoms. The number of aromatic carboxylic acids is 1.